The van der Waals surface area contributed by atoms with E-state index in [-0.39, 0.29) is 12.1 Å². The summed E-state index contributed by atoms with van der Waals surface area (Å²) in [6, 6.07) is 51.9. The number of rotatable bonds is 2. The van der Waals surface area contributed by atoms with Crippen LogP contribution in [0.25, 0.3) is 106 Å². The SMILES string of the molecule is Cc1ccccc1-c1c(C)cc2c3c(cc4c5ccccc5sc24)B2c4c(cc(C(C)(C)C)cc4-c4c(-c5ccccc5C)c(C)cc5c4c2cc2c4ccccc4sc52)-c13. The van der Waals surface area contributed by atoms with Gasteiger partial charge in [0.05, 0.1) is 0 Å². The number of hydrogen-bond donors (Lipinski definition) is 0. The summed E-state index contributed by atoms with van der Waals surface area (Å²) in [5.41, 5.74) is 22.0. The molecule has 2 aliphatic heterocycles. The molecule has 11 aromatic rings. The van der Waals surface area contributed by atoms with E-state index in [1.807, 2.05) is 22.7 Å². The second-order valence-electron chi connectivity index (χ2n) is 18.9. The second kappa shape index (κ2) is 12.3. The first kappa shape index (κ1) is 35.7. The maximum atomic E-state index is 2.63. The van der Waals surface area contributed by atoms with Crippen LogP contribution in [0.4, 0.5) is 0 Å². The molecular weight excluding hydrogens is 772 g/mol. The minimum absolute atomic E-state index is 0.0509. The maximum absolute atomic E-state index is 2.63. The van der Waals surface area contributed by atoms with Gasteiger partial charge in [-0.3, -0.25) is 0 Å². The molecule has 2 aromatic heterocycles. The fourth-order valence-corrected chi connectivity index (χ4v) is 14.0. The fraction of sp³-hybridized carbons (Fsp3) is 0.138. The van der Waals surface area contributed by atoms with E-state index in [1.54, 1.807) is 0 Å². The van der Waals surface area contributed by atoms with Crippen LogP contribution in [0.15, 0.2) is 133 Å². The average molecular weight is 815 g/mol. The normalized spacial score (nSPS) is 13.1. The first-order valence-electron chi connectivity index (χ1n) is 21.7. The average Bonchev–Trinajstić information content (AvgIpc) is 3.82. The summed E-state index contributed by atoms with van der Waals surface area (Å²) in [5, 5.41) is 11.1. The molecule has 0 N–H and O–H groups in total. The van der Waals surface area contributed by atoms with Gasteiger partial charge in [-0.1, -0.05) is 146 Å². The molecule has 2 aliphatic rings. The van der Waals surface area contributed by atoms with Crippen molar-refractivity contribution >= 4 is 108 Å². The summed E-state index contributed by atoms with van der Waals surface area (Å²) in [4.78, 5) is 0. The van der Waals surface area contributed by atoms with Crippen LogP contribution in [0.2, 0.25) is 0 Å². The Morgan fingerprint density at radius 1 is 0.393 bits per heavy atom. The molecule has 0 saturated heterocycles. The van der Waals surface area contributed by atoms with Crippen molar-refractivity contribution < 1.29 is 0 Å². The van der Waals surface area contributed by atoms with Crippen molar-refractivity contribution in [2.75, 3.05) is 0 Å². The van der Waals surface area contributed by atoms with Crippen LogP contribution in [0.3, 0.4) is 0 Å². The van der Waals surface area contributed by atoms with E-state index in [0.717, 1.165) is 0 Å². The Hall–Kier alpha value is -6.00. The zero-order chi connectivity index (χ0) is 41.2. The molecule has 290 valence electrons. The summed E-state index contributed by atoms with van der Waals surface area (Å²) < 4.78 is 5.50. The third-order valence-electron chi connectivity index (χ3n) is 14.3. The summed E-state index contributed by atoms with van der Waals surface area (Å²) >= 11 is 3.93. The van der Waals surface area contributed by atoms with E-state index >= 15 is 0 Å². The molecule has 0 amide bonds. The van der Waals surface area contributed by atoms with Crippen LogP contribution in [-0.2, 0) is 5.41 Å². The van der Waals surface area contributed by atoms with Gasteiger partial charge in [0.1, 0.15) is 0 Å². The Morgan fingerprint density at radius 2 is 0.820 bits per heavy atom. The Labute approximate surface area is 365 Å². The predicted octanol–water partition coefficient (Wildman–Crippen LogP) is 15.1. The third kappa shape index (κ3) is 4.71. The zero-order valence-electron chi connectivity index (χ0n) is 35.6. The lowest BCUT2D eigenvalue weighted by atomic mass is 9.30. The number of aryl methyl sites for hydroxylation is 4. The lowest BCUT2D eigenvalue weighted by Crippen LogP contribution is -2.57. The summed E-state index contributed by atoms with van der Waals surface area (Å²) in [7, 11) is 0. The highest BCUT2D eigenvalue weighted by Crippen LogP contribution is 2.53. The fourth-order valence-electron chi connectivity index (χ4n) is 11.6. The van der Waals surface area contributed by atoms with Crippen LogP contribution in [0.1, 0.15) is 48.6 Å². The molecule has 0 aliphatic carbocycles. The van der Waals surface area contributed by atoms with Gasteiger partial charge in [-0.05, 0) is 151 Å². The van der Waals surface area contributed by atoms with E-state index in [1.165, 1.54) is 151 Å². The van der Waals surface area contributed by atoms with Gasteiger partial charge in [-0.25, -0.2) is 0 Å². The number of hydrogen-bond acceptors (Lipinski definition) is 2. The molecule has 0 fully saturated rings. The van der Waals surface area contributed by atoms with Crippen molar-refractivity contribution in [3.8, 4) is 44.5 Å². The van der Waals surface area contributed by atoms with E-state index < -0.39 is 0 Å². The van der Waals surface area contributed by atoms with Crippen molar-refractivity contribution in [1.29, 1.82) is 0 Å². The second-order valence-corrected chi connectivity index (χ2v) is 21.0. The first-order valence-corrected chi connectivity index (χ1v) is 23.3. The van der Waals surface area contributed by atoms with Crippen LogP contribution < -0.4 is 16.4 Å². The van der Waals surface area contributed by atoms with Gasteiger partial charge in [0.2, 0.25) is 6.71 Å². The van der Waals surface area contributed by atoms with Gasteiger partial charge in [-0.2, -0.15) is 0 Å². The van der Waals surface area contributed by atoms with E-state index in [2.05, 4.69) is 182 Å². The molecule has 3 heteroatoms. The monoisotopic (exact) mass is 814 g/mol. The highest BCUT2D eigenvalue weighted by Gasteiger charge is 2.43. The molecule has 0 atom stereocenters. The molecule has 0 nitrogen and oxygen atoms in total. The number of thiophene rings is 2. The molecule has 9 aromatic carbocycles. The van der Waals surface area contributed by atoms with Crippen LogP contribution in [0, 0.1) is 27.7 Å². The van der Waals surface area contributed by atoms with E-state index in [0.29, 0.717) is 0 Å². The minimum Gasteiger partial charge on any atom is -0.135 e. The van der Waals surface area contributed by atoms with Crippen molar-refractivity contribution in [1.82, 2.24) is 0 Å². The van der Waals surface area contributed by atoms with Gasteiger partial charge in [-0.15, -0.1) is 22.7 Å². The molecule has 0 bridgehead atoms. The van der Waals surface area contributed by atoms with Crippen LogP contribution in [0.5, 0.6) is 0 Å². The van der Waals surface area contributed by atoms with Gasteiger partial charge in [0.25, 0.3) is 0 Å². The van der Waals surface area contributed by atoms with Crippen molar-refractivity contribution in [2.45, 2.75) is 53.9 Å². The summed E-state index contributed by atoms with van der Waals surface area (Å²) in [5.74, 6) is 0. The molecule has 61 heavy (non-hydrogen) atoms. The smallest absolute Gasteiger partial charge is 0.135 e. The van der Waals surface area contributed by atoms with Gasteiger partial charge in [0.15, 0.2) is 0 Å². The zero-order valence-corrected chi connectivity index (χ0v) is 37.2. The minimum atomic E-state index is -0.0794. The largest absolute Gasteiger partial charge is 0.244 e. The highest BCUT2D eigenvalue weighted by atomic mass is 32.1. The Bertz CT molecular complexity index is 3550. The molecule has 0 spiro atoms. The maximum Gasteiger partial charge on any atom is 0.244 e. The third-order valence-corrected chi connectivity index (χ3v) is 16.7. The lowest BCUT2D eigenvalue weighted by molar-refractivity contribution is 0.591. The van der Waals surface area contributed by atoms with Crippen LogP contribution in [-0.4, -0.2) is 6.71 Å². The van der Waals surface area contributed by atoms with E-state index in [4.69, 9.17) is 0 Å². The lowest BCUT2D eigenvalue weighted by Gasteiger charge is -2.38. The molecular formula is C58H43BS2. The molecule has 4 heterocycles. The number of fused-ring (bicyclic) bond motifs is 12. The first-order chi connectivity index (χ1) is 29.6. The van der Waals surface area contributed by atoms with Gasteiger partial charge < -0.3 is 0 Å². The van der Waals surface area contributed by atoms with Gasteiger partial charge in [0, 0.05) is 40.3 Å². The summed E-state index contributed by atoms with van der Waals surface area (Å²) in [6.07, 6.45) is 0. The van der Waals surface area contributed by atoms with Crippen LogP contribution >= 0.6 is 22.7 Å². The van der Waals surface area contributed by atoms with Crippen molar-refractivity contribution in [3.63, 3.8) is 0 Å². The Morgan fingerprint density at radius 3 is 1.26 bits per heavy atom. The molecule has 0 unspecified atom stereocenters. The quantitative estimate of drug-likeness (QED) is 0.153. The molecule has 0 radical (unpaired) electrons. The standard InChI is InChI=1S/C58H43BS2/c1-30-16-8-10-18-35(30)49-32(3)24-43-51-45(28-39-37-20-12-14-22-47(37)60-56(39)43)59-46-29-40-38-21-13-15-23-48(38)61-57(40)44-25-33(4)50(36-19-11-9-17-31(36)2)54(52(44)46)42-27-34(58(5,6)7)26-41(53(49)51)55(42)59/h8-29H,1-7H3. The number of benzene rings is 9. The highest BCUT2D eigenvalue weighted by molar-refractivity contribution is 7.27. The predicted molar refractivity (Wildman–Crippen MR) is 271 cm³/mol. The molecule has 13 rings (SSSR count). The topological polar surface area (TPSA) is 0 Å². The summed E-state index contributed by atoms with van der Waals surface area (Å²) in [6.45, 7) is 16.6. The van der Waals surface area contributed by atoms with Crippen molar-refractivity contribution in [3.05, 3.63) is 161 Å². The van der Waals surface area contributed by atoms with Crippen molar-refractivity contribution in [2.24, 2.45) is 0 Å². The van der Waals surface area contributed by atoms with E-state index in [9.17, 15) is 0 Å². The van der Waals surface area contributed by atoms with Gasteiger partial charge >= 0.3 is 0 Å². The molecule has 0 saturated carbocycles. The Kier molecular flexibility index (Phi) is 7.21. The Balaban J connectivity index is 1.33.